The first-order chi connectivity index (χ1) is 9.59. The van der Waals surface area contributed by atoms with Gasteiger partial charge in [0.2, 0.25) is 0 Å². The van der Waals surface area contributed by atoms with Crippen LogP contribution in [-0.4, -0.2) is 39.0 Å². The van der Waals surface area contributed by atoms with Crippen LogP contribution >= 0.6 is 0 Å². The van der Waals surface area contributed by atoms with Gasteiger partial charge in [-0.2, -0.15) is 17.4 Å². The molecule has 1 heterocycles. The van der Waals surface area contributed by atoms with Crippen LogP contribution in [0.15, 0.2) is 24.3 Å². The summed E-state index contributed by atoms with van der Waals surface area (Å²) in [4.78, 5) is 0. The van der Waals surface area contributed by atoms with Crippen molar-refractivity contribution in [1.29, 1.82) is 0 Å². The third-order valence-electron chi connectivity index (χ3n) is 3.22. The predicted octanol–water partition coefficient (Wildman–Crippen LogP) is 0.968. The Hall–Kier alpha value is -1.31. The van der Waals surface area contributed by atoms with Crippen LogP contribution in [0.3, 0.4) is 0 Å². The smallest absolute Gasteiger partial charge is 0.279 e. The van der Waals surface area contributed by atoms with Crippen LogP contribution in [0.1, 0.15) is 19.3 Å². The van der Waals surface area contributed by atoms with Gasteiger partial charge in [-0.15, -0.1) is 0 Å². The zero-order valence-electron chi connectivity index (χ0n) is 11.4. The van der Waals surface area contributed by atoms with Crippen LogP contribution < -0.4 is 15.2 Å². The van der Waals surface area contributed by atoms with Crippen LogP contribution in [0, 0.1) is 0 Å². The summed E-state index contributed by atoms with van der Waals surface area (Å²) >= 11 is 0. The number of nitrogens with zero attached hydrogens (tertiary/aromatic N) is 1. The molecule has 3 N–H and O–H groups in total. The topological polar surface area (TPSA) is 84.7 Å². The van der Waals surface area contributed by atoms with Gasteiger partial charge in [0.25, 0.3) is 10.2 Å². The lowest BCUT2D eigenvalue weighted by Crippen LogP contribution is -2.44. The average Bonchev–Trinajstić information content (AvgIpc) is 2.46. The number of rotatable bonds is 6. The van der Waals surface area contributed by atoms with Gasteiger partial charge in [-0.05, 0) is 25.0 Å². The van der Waals surface area contributed by atoms with E-state index < -0.39 is 10.2 Å². The van der Waals surface area contributed by atoms with E-state index in [1.165, 1.54) is 4.31 Å². The van der Waals surface area contributed by atoms with Gasteiger partial charge >= 0.3 is 0 Å². The highest BCUT2D eigenvalue weighted by Gasteiger charge is 2.22. The van der Waals surface area contributed by atoms with Crippen LogP contribution in [-0.2, 0) is 10.2 Å². The maximum absolute atomic E-state index is 12.0. The van der Waals surface area contributed by atoms with Crippen molar-refractivity contribution in [3.05, 3.63) is 24.3 Å². The highest BCUT2D eigenvalue weighted by molar-refractivity contribution is 7.87. The molecule has 0 radical (unpaired) electrons. The molecule has 0 aromatic heterocycles. The van der Waals surface area contributed by atoms with Crippen molar-refractivity contribution >= 4 is 15.9 Å². The molecule has 112 valence electrons. The molecule has 1 aliphatic heterocycles. The molecule has 0 bridgehead atoms. The van der Waals surface area contributed by atoms with Crippen molar-refractivity contribution in [2.45, 2.75) is 19.3 Å². The quantitative estimate of drug-likeness (QED) is 0.605. The van der Waals surface area contributed by atoms with E-state index in [9.17, 15) is 8.42 Å². The molecule has 0 unspecified atom stereocenters. The number of hydrogen-bond acceptors (Lipinski definition) is 4. The van der Waals surface area contributed by atoms with E-state index in [0.717, 1.165) is 19.3 Å². The summed E-state index contributed by atoms with van der Waals surface area (Å²) in [6, 6.07) is 7.15. The summed E-state index contributed by atoms with van der Waals surface area (Å²) in [5.41, 5.74) is 6.28. The molecular formula is C13H21N3O3S. The molecule has 1 saturated heterocycles. The first kappa shape index (κ1) is 15.1. The van der Waals surface area contributed by atoms with Crippen molar-refractivity contribution in [3.63, 3.8) is 0 Å². The van der Waals surface area contributed by atoms with E-state index in [4.69, 9.17) is 10.5 Å². The van der Waals surface area contributed by atoms with Crippen molar-refractivity contribution in [2.75, 3.05) is 32.0 Å². The molecule has 1 fully saturated rings. The summed E-state index contributed by atoms with van der Waals surface area (Å²) in [5.74, 6) is 0.574. The highest BCUT2D eigenvalue weighted by Crippen LogP contribution is 2.19. The van der Waals surface area contributed by atoms with Gasteiger partial charge in [-0.25, -0.2) is 0 Å². The lowest BCUT2D eigenvalue weighted by atomic mass is 10.2. The molecular weight excluding hydrogens is 278 g/mol. The number of ether oxygens (including phenoxy) is 1. The predicted molar refractivity (Wildman–Crippen MR) is 78.7 cm³/mol. The van der Waals surface area contributed by atoms with Crippen LogP contribution in [0.5, 0.6) is 5.75 Å². The summed E-state index contributed by atoms with van der Waals surface area (Å²) in [6.07, 6.45) is 2.96. The average molecular weight is 299 g/mol. The number of para-hydroxylation sites is 2. The molecule has 0 amide bonds. The first-order valence-corrected chi connectivity index (χ1v) is 8.25. The van der Waals surface area contributed by atoms with E-state index in [0.29, 0.717) is 24.5 Å². The Morgan fingerprint density at radius 3 is 2.60 bits per heavy atom. The van der Waals surface area contributed by atoms with Gasteiger partial charge in [0.05, 0.1) is 5.69 Å². The Labute approximate surface area is 120 Å². The maximum Gasteiger partial charge on any atom is 0.279 e. The van der Waals surface area contributed by atoms with Gasteiger partial charge in [-0.3, -0.25) is 0 Å². The van der Waals surface area contributed by atoms with Crippen molar-refractivity contribution in [3.8, 4) is 5.75 Å². The lowest BCUT2D eigenvalue weighted by Gasteiger charge is -2.25. The molecule has 1 aromatic carbocycles. The fourth-order valence-electron chi connectivity index (χ4n) is 2.14. The number of nitrogens with one attached hydrogen (secondary N) is 1. The number of piperidine rings is 1. The highest BCUT2D eigenvalue weighted by atomic mass is 32.2. The Morgan fingerprint density at radius 1 is 1.20 bits per heavy atom. The minimum atomic E-state index is -3.38. The summed E-state index contributed by atoms with van der Waals surface area (Å²) in [5, 5.41) is 0. The molecule has 7 heteroatoms. The second-order valence-corrected chi connectivity index (χ2v) is 6.50. The molecule has 1 aliphatic rings. The van der Waals surface area contributed by atoms with E-state index >= 15 is 0 Å². The molecule has 0 spiro atoms. The number of anilines is 1. The second-order valence-electron chi connectivity index (χ2n) is 4.75. The van der Waals surface area contributed by atoms with Crippen molar-refractivity contribution in [1.82, 2.24) is 9.03 Å². The van der Waals surface area contributed by atoms with E-state index in [-0.39, 0.29) is 13.2 Å². The van der Waals surface area contributed by atoms with Gasteiger partial charge in [0.15, 0.2) is 0 Å². The molecule has 1 aromatic rings. The van der Waals surface area contributed by atoms with Crippen molar-refractivity contribution in [2.24, 2.45) is 0 Å². The molecule has 0 atom stereocenters. The SMILES string of the molecule is Nc1ccccc1OCCNS(=O)(=O)N1CCCCC1. The molecule has 6 nitrogen and oxygen atoms in total. The zero-order chi connectivity index (χ0) is 14.4. The monoisotopic (exact) mass is 299 g/mol. The van der Waals surface area contributed by atoms with E-state index in [2.05, 4.69) is 4.72 Å². The molecule has 0 aliphatic carbocycles. The van der Waals surface area contributed by atoms with Crippen LogP contribution in [0.2, 0.25) is 0 Å². The maximum atomic E-state index is 12.0. The minimum absolute atomic E-state index is 0.229. The fraction of sp³-hybridized carbons (Fsp3) is 0.538. The minimum Gasteiger partial charge on any atom is -0.490 e. The van der Waals surface area contributed by atoms with E-state index in [1.54, 1.807) is 12.1 Å². The molecule has 0 saturated carbocycles. The zero-order valence-corrected chi connectivity index (χ0v) is 12.2. The molecule has 20 heavy (non-hydrogen) atoms. The third-order valence-corrected chi connectivity index (χ3v) is 4.83. The Kier molecular flexibility index (Phi) is 5.22. The lowest BCUT2D eigenvalue weighted by molar-refractivity contribution is 0.314. The fourth-order valence-corrected chi connectivity index (χ4v) is 3.40. The number of hydrogen-bond donors (Lipinski definition) is 2. The van der Waals surface area contributed by atoms with Gasteiger partial charge in [-0.1, -0.05) is 18.6 Å². The van der Waals surface area contributed by atoms with Gasteiger partial charge in [0.1, 0.15) is 12.4 Å². The normalized spacial score (nSPS) is 17.0. The molecule has 2 rings (SSSR count). The Morgan fingerprint density at radius 2 is 1.90 bits per heavy atom. The van der Waals surface area contributed by atoms with Crippen molar-refractivity contribution < 1.29 is 13.2 Å². The largest absolute Gasteiger partial charge is 0.490 e. The van der Waals surface area contributed by atoms with E-state index in [1.807, 2.05) is 12.1 Å². The second kappa shape index (κ2) is 6.92. The van der Waals surface area contributed by atoms with Gasteiger partial charge in [0, 0.05) is 19.6 Å². The van der Waals surface area contributed by atoms with Gasteiger partial charge < -0.3 is 10.5 Å². The van der Waals surface area contributed by atoms with Crippen LogP contribution in [0.25, 0.3) is 0 Å². The number of nitrogen functional groups attached to an aromatic ring is 1. The summed E-state index contributed by atoms with van der Waals surface area (Å²) in [6.45, 7) is 1.68. The summed E-state index contributed by atoms with van der Waals surface area (Å²) < 4.78 is 33.5. The first-order valence-electron chi connectivity index (χ1n) is 6.81. The Balaban J connectivity index is 1.76. The van der Waals surface area contributed by atoms with Crippen LogP contribution in [0.4, 0.5) is 5.69 Å². The number of nitrogens with two attached hydrogens (primary N) is 1. The summed E-state index contributed by atoms with van der Waals surface area (Å²) in [7, 11) is -3.38. The standard InChI is InChI=1S/C13H21N3O3S/c14-12-6-2-3-7-13(12)19-11-8-15-20(17,18)16-9-4-1-5-10-16/h2-3,6-7,15H,1,4-5,8-11,14H2. The number of benzene rings is 1. The third kappa shape index (κ3) is 4.09. The Bertz CT molecular complexity index is 527.